The minimum absolute atomic E-state index is 0.109. The SMILES string of the molecule is CC(N)CNCC(C)(C)c1cc(Br)ccc1F. The van der Waals surface area contributed by atoms with Gasteiger partial charge in [-0.25, -0.2) is 4.39 Å². The Labute approximate surface area is 111 Å². The monoisotopic (exact) mass is 302 g/mol. The van der Waals surface area contributed by atoms with E-state index in [1.807, 2.05) is 26.8 Å². The Morgan fingerprint density at radius 2 is 2.12 bits per heavy atom. The number of benzene rings is 1. The fourth-order valence-electron chi connectivity index (χ4n) is 1.72. The van der Waals surface area contributed by atoms with E-state index < -0.39 is 0 Å². The van der Waals surface area contributed by atoms with Gasteiger partial charge >= 0.3 is 0 Å². The summed E-state index contributed by atoms with van der Waals surface area (Å²) >= 11 is 3.37. The van der Waals surface area contributed by atoms with Crippen LogP contribution in [0.1, 0.15) is 26.3 Å². The zero-order valence-corrected chi connectivity index (χ0v) is 12.1. The van der Waals surface area contributed by atoms with E-state index in [1.54, 1.807) is 6.07 Å². The first kappa shape index (κ1) is 14.6. The van der Waals surface area contributed by atoms with Gasteiger partial charge in [0.15, 0.2) is 0 Å². The lowest BCUT2D eigenvalue weighted by Gasteiger charge is -2.27. The Balaban J connectivity index is 2.77. The minimum Gasteiger partial charge on any atom is -0.327 e. The lowest BCUT2D eigenvalue weighted by atomic mass is 9.84. The number of hydrogen-bond acceptors (Lipinski definition) is 2. The van der Waals surface area contributed by atoms with Crippen molar-refractivity contribution in [2.75, 3.05) is 13.1 Å². The molecule has 0 saturated heterocycles. The molecule has 0 spiro atoms. The van der Waals surface area contributed by atoms with Crippen LogP contribution in [0.15, 0.2) is 22.7 Å². The second kappa shape index (κ2) is 5.94. The van der Waals surface area contributed by atoms with Gasteiger partial charge in [0.2, 0.25) is 0 Å². The van der Waals surface area contributed by atoms with Crippen LogP contribution in [0.25, 0.3) is 0 Å². The minimum atomic E-state index is -0.261. The third kappa shape index (κ3) is 4.37. The molecule has 3 N–H and O–H groups in total. The second-order valence-corrected chi connectivity index (χ2v) is 6.03. The average Bonchev–Trinajstić information content (AvgIpc) is 2.20. The van der Waals surface area contributed by atoms with Crippen LogP contribution in [0, 0.1) is 5.82 Å². The predicted molar refractivity (Wildman–Crippen MR) is 73.6 cm³/mol. The van der Waals surface area contributed by atoms with Crippen LogP contribution >= 0.6 is 15.9 Å². The Morgan fingerprint density at radius 1 is 1.47 bits per heavy atom. The third-order valence-electron chi connectivity index (χ3n) is 2.69. The molecule has 2 nitrogen and oxygen atoms in total. The van der Waals surface area contributed by atoms with Crippen molar-refractivity contribution < 1.29 is 4.39 Å². The van der Waals surface area contributed by atoms with Gasteiger partial charge in [-0.2, -0.15) is 0 Å². The molecule has 1 atom stereocenters. The number of rotatable bonds is 5. The van der Waals surface area contributed by atoms with Gasteiger partial charge in [0, 0.05) is 29.0 Å². The fraction of sp³-hybridized carbons (Fsp3) is 0.538. The summed E-state index contributed by atoms with van der Waals surface area (Å²) in [6, 6.07) is 5.15. The first-order valence-electron chi connectivity index (χ1n) is 5.75. The highest BCUT2D eigenvalue weighted by molar-refractivity contribution is 9.10. The van der Waals surface area contributed by atoms with Crippen molar-refractivity contribution in [3.63, 3.8) is 0 Å². The quantitative estimate of drug-likeness (QED) is 0.878. The number of nitrogens with two attached hydrogens (primary N) is 1. The Kier molecular flexibility index (Phi) is 5.10. The van der Waals surface area contributed by atoms with Gasteiger partial charge in [-0.15, -0.1) is 0 Å². The highest BCUT2D eigenvalue weighted by Gasteiger charge is 2.24. The van der Waals surface area contributed by atoms with E-state index >= 15 is 0 Å². The molecule has 0 bridgehead atoms. The molecule has 0 aliphatic rings. The van der Waals surface area contributed by atoms with Crippen LogP contribution < -0.4 is 11.1 Å². The van der Waals surface area contributed by atoms with Crippen molar-refractivity contribution in [1.29, 1.82) is 0 Å². The smallest absolute Gasteiger partial charge is 0.127 e. The van der Waals surface area contributed by atoms with Crippen LogP contribution in [0.2, 0.25) is 0 Å². The van der Waals surface area contributed by atoms with Crippen LogP contribution in [-0.4, -0.2) is 19.1 Å². The summed E-state index contributed by atoms with van der Waals surface area (Å²) in [7, 11) is 0. The molecule has 1 aromatic rings. The predicted octanol–water partition coefficient (Wildman–Crippen LogP) is 2.80. The highest BCUT2D eigenvalue weighted by atomic mass is 79.9. The highest BCUT2D eigenvalue weighted by Crippen LogP contribution is 2.27. The molecule has 96 valence electrons. The van der Waals surface area contributed by atoms with Gasteiger partial charge < -0.3 is 11.1 Å². The van der Waals surface area contributed by atoms with Gasteiger partial charge in [-0.05, 0) is 30.7 Å². The first-order chi connectivity index (χ1) is 7.83. The Hall–Kier alpha value is -0.450. The van der Waals surface area contributed by atoms with Crippen LogP contribution in [0.4, 0.5) is 4.39 Å². The van der Waals surface area contributed by atoms with Crippen LogP contribution in [0.3, 0.4) is 0 Å². The van der Waals surface area contributed by atoms with Crippen molar-refractivity contribution in [2.45, 2.75) is 32.2 Å². The van der Waals surface area contributed by atoms with E-state index in [4.69, 9.17) is 5.73 Å². The van der Waals surface area contributed by atoms with Crippen molar-refractivity contribution >= 4 is 15.9 Å². The molecule has 0 aliphatic heterocycles. The van der Waals surface area contributed by atoms with Crippen LogP contribution in [-0.2, 0) is 5.41 Å². The van der Waals surface area contributed by atoms with Gasteiger partial charge in [-0.1, -0.05) is 29.8 Å². The van der Waals surface area contributed by atoms with Gasteiger partial charge in [0.25, 0.3) is 0 Å². The summed E-state index contributed by atoms with van der Waals surface area (Å²) in [5, 5.41) is 3.26. The molecule has 4 heteroatoms. The standard InChI is InChI=1S/C13H20BrFN2/c1-9(16)7-17-8-13(2,3)11-6-10(14)4-5-12(11)15/h4-6,9,17H,7-8,16H2,1-3H3. The molecule has 0 aliphatic carbocycles. The zero-order chi connectivity index (χ0) is 13.1. The molecule has 0 aromatic heterocycles. The molecule has 0 radical (unpaired) electrons. The van der Waals surface area contributed by atoms with E-state index in [2.05, 4.69) is 21.2 Å². The second-order valence-electron chi connectivity index (χ2n) is 5.12. The molecule has 0 fully saturated rings. The number of nitrogens with one attached hydrogen (secondary N) is 1. The molecule has 17 heavy (non-hydrogen) atoms. The average molecular weight is 303 g/mol. The molecule has 0 heterocycles. The largest absolute Gasteiger partial charge is 0.327 e. The van der Waals surface area contributed by atoms with Gasteiger partial charge in [-0.3, -0.25) is 0 Å². The molecular formula is C13H20BrFN2. The lowest BCUT2D eigenvalue weighted by Crippen LogP contribution is -2.39. The lowest BCUT2D eigenvalue weighted by molar-refractivity contribution is 0.437. The first-order valence-corrected chi connectivity index (χ1v) is 6.54. The van der Waals surface area contributed by atoms with E-state index in [0.717, 1.165) is 11.0 Å². The number of halogens is 2. The number of hydrogen-bond donors (Lipinski definition) is 2. The summed E-state index contributed by atoms with van der Waals surface area (Å²) in [6.07, 6.45) is 0. The third-order valence-corrected chi connectivity index (χ3v) is 3.18. The normalized spacial score (nSPS) is 13.8. The van der Waals surface area contributed by atoms with Gasteiger partial charge in [0.1, 0.15) is 5.82 Å². The van der Waals surface area contributed by atoms with Crippen molar-refractivity contribution in [2.24, 2.45) is 5.73 Å². The molecule has 0 amide bonds. The van der Waals surface area contributed by atoms with E-state index in [0.29, 0.717) is 12.1 Å². The topological polar surface area (TPSA) is 38.0 Å². The van der Waals surface area contributed by atoms with Crippen molar-refractivity contribution in [3.05, 3.63) is 34.1 Å². The Morgan fingerprint density at radius 3 is 2.71 bits per heavy atom. The Bertz CT molecular complexity index is 378. The fourth-order valence-corrected chi connectivity index (χ4v) is 2.08. The van der Waals surface area contributed by atoms with E-state index in [9.17, 15) is 4.39 Å². The summed E-state index contributed by atoms with van der Waals surface area (Å²) in [5.74, 6) is -0.166. The van der Waals surface area contributed by atoms with Gasteiger partial charge in [0.05, 0.1) is 0 Å². The summed E-state index contributed by atoms with van der Waals surface area (Å²) in [6.45, 7) is 7.42. The molecule has 1 aromatic carbocycles. The maximum atomic E-state index is 13.8. The van der Waals surface area contributed by atoms with Crippen molar-refractivity contribution in [3.8, 4) is 0 Å². The van der Waals surface area contributed by atoms with E-state index in [-0.39, 0.29) is 17.3 Å². The van der Waals surface area contributed by atoms with Crippen molar-refractivity contribution in [1.82, 2.24) is 5.32 Å². The van der Waals surface area contributed by atoms with E-state index in [1.165, 1.54) is 6.07 Å². The summed E-state index contributed by atoms with van der Waals surface area (Å²) in [5.41, 5.74) is 6.12. The molecule has 1 unspecified atom stereocenters. The zero-order valence-electron chi connectivity index (χ0n) is 10.6. The molecule has 1 rings (SSSR count). The van der Waals surface area contributed by atoms with Crippen LogP contribution in [0.5, 0.6) is 0 Å². The maximum Gasteiger partial charge on any atom is 0.127 e. The summed E-state index contributed by atoms with van der Waals surface area (Å²) < 4.78 is 14.7. The summed E-state index contributed by atoms with van der Waals surface area (Å²) in [4.78, 5) is 0. The molecule has 0 saturated carbocycles. The molecular weight excluding hydrogens is 283 g/mol. The maximum absolute atomic E-state index is 13.8.